The first-order valence-corrected chi connectivity index (χ1v) is 9.00. The fraction of sp³-hybridized carbons (Fsp3) is 0.500. The summed E-state index contributed by atoms with van der Waals surface area (Å²) in [7, 11) is 4.67. The van der Waals surface area contributed by atoms with E-state index in [-0.39, 0.29) is 12.0 Å². The third kappa shape index (κ3) is 3.64. The van der Waals surface area contributed by atoms with Crippen LogP contribution in [-0.4, -0.2) is 49.8 Å². The van der Waals surface area contributed by atoms with Gasteiger partial charge in [0.15, 0.2) is 0 Å². The second kappa shape index (κ2) is 8.00. The first-order valence-electron chi connectivity index (χ1n) is 9.00. The van der Waals surface area contributed by atoms with Crippen LogP contribution in [0.3, 0.4) is 0 Å². The number of ether oxygens (including phenoxy) is 3. The van der Waals surface area contributed by atoms with E-state index in [0.717, 1.165) is 47.7 Å². The zero-order valence-electron chi connectivity index (χ0n) is 16.5. The van der Waals surface area contributed by atoms with Gasteiger partial charge in [0.2, 0.25) is 5.89 Å². The van der Waals surface area contributed by atoms with Gasteiger partial charge in [0.05, 0.1) is 32.6 Å². The number of likely N-dealkylation sites (tertiary alicyclic amines) is 1. The first kappa shape index (κ1) is 19.2. The molecule has 0 radical (unpaired) electrons. The van der Waals surface area contributed by atoms with Crippen LogP contribution in [0.5, 0.6) is 11.5 Å². The third-order valence-electron chi connectivity index (χ3n) is 5.09. The molecule has 27 heavy (non-hydrogen) atoms. The molecule has 0 amide bonds. The molecule has 0 N–H and O–H groups in total. The fourth-order valence-corrected chi connectivity index (χ4v) is 3.63. The van der Waals surface area contributed by atoms with E-state index in [1.807, 2.05) is 26.0 Å². The largest absolute Gasteiger partial charge is 0.496 e. The van der Waals surface area contributed by atoms with Gasteiger partial charge in [-0.25, -0.2) is 4.98 Å². The minimum Gasteiger partial charge on any atom is -0.496 e. The molecule has 2 aromatic rings. The molecular formula is C20H26N2O5. The van der Waals surface area contributed by atoms with Gasteiger partial charge in [-0.2, -0.15) is 0 Å². The van der Waals surface area contributed by atoms with Gasteiger partial charge < -0.3 is 18.6 Å². The Labute approximate surface area is 159 Å². The minimum atomic E-state index is -0.215. The van der Waals surface area contributed by atoms with Crippen LogP contribution in [0.15, 0.2) is 16.5 Å². The summed E-state index contributed by atoms with van der Waals surface area (Å²) in [6.07, 6.45) is 1.77. The van der Waals surface area contributed by atoms with E-state index in [2.05, 4.69) is 9.88 Å². The zero-order valence-corrected chi connectivity index (χ0v) is 16.5. The van der Waals surface area contributed by atoms with Crippen LogP contribution < -0.4 is 9.47 Å². The van der Waals surface area contributed by atoms with Gasteiger partial charge in [-0.05, 0) is 45.4 Å². The lowest BCUT2D eigenvalue weighted by atomic mass is 10.1. The maximum atomic E-state index is 12.0. The Bertz CT molecular complexity index is 830. The smallest absolute Gasteiger partial charge is 0.323 e. The minimum absolute atomic E-state index is 0.193. The highest BCUT2D eigenvalue weighted by molar-refractivity contribution is 5.76. The molecule has 1 aliphatic heterocycles. The van der Waals surface area contributed by atoms with Crippen molar-refractivity contribution in [1.82, 2.24) is 9.88 Å². The van der Waals surface area contributed by atoms with Crippen molar-refractivity contribution < 1.29 is 23.4 Å². The molecule has 146 valence electrons. The van der Waals surface area contributed by atoms with E-state index in [1.165, 1.54) is 7.11 Å². The molecule has 1 aliphatic rings. The lowest BCUT2D eigenvalue weighted by Crippen LogP contribution is -2.36. The summed E-state index contributed by atoms with van der Waals surface area (Å²) in [6, 6.07) is 3.54. The summed E-state index contributed by atoms with van der Waals surface area (Å²) in [5.41, 5.74) is 2.48. The summed E-state index contributed by atoms with van der Waals surface area (Å²) >= 11 is 0. The number of nitrogens with zero attached hydrogens (tertiary/aromatic N) is 2. The molecule has 1 atom stereocenters. The fourth-order valence-electron chi connectivity index (χ4n) is 3.63. The van der Waals surface area contributed by atoms with E-state index in [4.69, 9.17) is 18.6 Å². The maximum absolute atomic E-state index is 12.0. The van der Waals surface area contributed by atoms with Gasteiger partial charge in [-0.1, -0.05) is 0 Å². The molecule has 0 bridgehead atoms. The number of benzene rings is 1. The van der Waals surface area contributed by atoms with Crippen molar-refractivity contribution in [2.75, 3.05) is 27.9 Å². The van der Waals surface area contributed by atoms with E-state index >= 15 is 0 Å². The second-order valence-corrected chi connectivity index (χ2v) is 6.65. The average Bonchev–Trinajstić information content (AvgIpc) is 3.28. The summed E-state index contributed by atoms with van der Waals surface area (Å²) in [5, 5.41) is 0. The predicted octanol–water partition coefficient (Wildman–Crippen LogP) is 3.11. The van der Waals surface area contributed by atoms with Gasteiger partial charge in [0.1, 0.15) is 23.3 Å². The Hall–Kier alpha value is -2.54. The Balaban J connectivity index is 1.89. The van der Waals surface area contributed by atoms with Crippen LogP contribution in [0.1, 0.15) is 29.9 Å². The number of aryl methyl sites for hydroxylation is 1. The Morgan fingerprint density at radius 3 is 2.70 bits per heavy atom. The predicted molar refractivity (Wildman–Crippen MR) is 100.0 cm³/mol. The number of hydrogen-bond donors (Lipinski definition) is 0. The molecule has 0 saturated carbocycles. The summed E-state index contributed by atoms with van der Waals surface area (Å²) < 4.78 is 21.8. The number of carbonyl (C=O) groups is 1. The SMILES string of the molecule is COC(=O)[C@@H]1CCCN1Cc1nc(-c2ccc(OC)c(C)c2OC)oc1C. The number of methoxy groups -OCH3 is 3. The van der Waals surface area contributed by atoms with Crippen molar-refractivity contribution >= 4 is 5.97 Å². The van der Waals surface area contributed by atoms with Crippen LogP contribution in [0.2, 0.25) is 0 Å². The lowest BCUT2D eigenvalue weighted by Gasteiger charge is -2.21. The molecule has 1 saturated heterocycles. The Morgan fingerprint density at radius 1 is 1.26 bits per heavy atom. The third-order valence-corrected chi connectivity index (χ3v) is 5.09. The summed E-state index contributed by atoms with van der Waals surface area (Å²) in [4.78, 5) is 18.8. The van der Waals surface area contributed by atoms with E-state index in [1.54, 1.807) is 14.2 Å². The van der Waals surface area contributed by atoms with Crippen molar-refractivity contribution in [2.45, 2.75) is 39.3 Å². The molecule has 7 nitrogen and oxygen atoms in total. The van der Waals surface area contributed by atoms with Crippen molar-refractivity contribution in [3.05, 3.63) is 29.2 Å². The molecule has 2 heterocycles. The molecule has 0 unspecified atom stereocenters. The highest BCUT2D eigenvalue weighted by Gasteiger charge is 2.32. The van der Waals surface area contributed by atoms with Crippen molar-refractivity contribution in [3.8, 4) is 23.0 Å². The maximum Gasteiger partial charge on any atom is 0.323 e. The van der Waals surface area contributed by atoms with E-state index in [9.17, 15) is 4.79 Å². The highest BCUT2D eigenvalue weighted by Crippen LogP contribution is 2.38. The topological polar surface area (TPSA) is 74.0 Å². The Kier molecular flexibility index (Phi) is 5.70. The number of aromatic nitrogens is 1. The summed E-state index contributed by atoms with van der Waals surface area (Å²) in [6.45, 7) is 5.21. The number of carbonyl (C=O) groups excluding carboxylic acids is 1. The standard InChI is InChI=1S/C20H26N2O5/c1-12-17(24-3)9-8-14(18(12)25-4)19-21-15(13(2)27-19)11-22-10-6-7-16(22)20(23)26-5/h8-9,16H,6-7,10-11H2,1-5H3/t16-/m0/s1. The van der Waals surface area contributed by atoms with Crippen molar-refractivity contribution in [1.29, 1.82) is 0 Å². The lowest BCUT2D eigenvalue weighted by molar-refractivity contribution is -0.146. The van der Waals surface area contributed by atoms with Crippen molar-refractivity contribution in [2.24, 2.45) is 0 Å². The number of oxazole rings is 1. The van der Waals surface area contributed by atoms with Crippen LogP contribution in [0.4, 0.5) is 0 Å². The molecular weight excluding hydrogens is 348 g/mol. The molecule has 1 aromatic heterocycles. The summed E-state index contributed by atoms with van der Waals surface area (Å²) in [5.74, 6) is 2.46. The molecule has 1 aromatic carbocycles. The van der Waals surface area contributed by atoms with Crippen LogP contribution in [-0.2, 0) is 16.1 Å². The first-order chi connectivity index (χ1) is 13.0. The van der Waals surface area contributed by atoms with Gasteiger partial charge in [-0.3, -0.25) is 9.69 Å². The van der Waals surface area contributed by atoms with E-state index < -0.39 is 0 Å². The van der Waals surface area contributed by atoms with Crippen LogP contribution >= 0.6 is 0 Å². The normalized spacial score (nSPS) is 17.1. The number of esters is 1. The van der Waals surface area contributed by atoms with E-state index in [0.29, 0.717) is 18.2 Å². The van der Waals surface area contributed by atoms with Crippen LogP contribution in [0, 0.1) is 13.8 Å². The molecule has 7 heteroatoms. The monoisotopic (exact) mass is 374 g/mol. The van der Waals surface area contributed by atoms with Gasteiger partial charge in [-0.15, -0.1) is 0 Å². The van der Waals surface area contributed by atoms with Gasteiger partial charge in [0, 0.05) is 12.1 Å². The van der Waals surface area contributed by atoms with Crippen LogP contribution in [0.25, 0.3) is 11.5 Å². The van der Waals surface area contributed by atoms with Gasteiger partial charge >= 0.3 is 5.97 Å². The zero-order chi connectivity index (χ0) is 19.6. The molecule has 0 spiro atoms. The van der Waals surface area contributed by atoms with Gasteiger partial charge in [0.25, 0.3) is 0 Å². The molecule has 0 aliphatic carbocycles. The number of rotatable bonds is 6. The Morgan fingerprint density at radius 2 is 2.04 bits per heavy atom. The highest BCUT2D eigenvalue weighted by atomic mass is 16.5. The average molecular weight is 374 g/mol. The molecule has 3 rings (SSSR count). The molecule has 1 fully saturated rings. The second-order valence-electron chi connectivity index (χ2n) is 6.65. The quantitative estimate of drug-likeness (QED) is 0.719. The number of hydrogen-bond acceptors (Lipinski definition) is 7. The van der Waals surface area contributed by atoms with Crippen molar-refractivity contribution in [3.63, 3.8) is 0 Å².